The fourth-order valence-corrected chi connectivity index (χ4v) is 4.14. The Hall–Kier alpha value is -3.36. The van der Waals surface area contributed by atoms with Gasteiger partial charge in [-0.2, -0.15) is 13.2 Å². The Kier molecular flexibility index (Phi) is 5.90. The molecule has 1 atom stereocenters. The van der Waals surface area contributed by atoms with Crippen LogP contribution in [0.1, 0.15) is 30.0 Å². The average Bonchev–Trinajstić information content (AvgIpc) is 3.12. The number of benzene rings is 2. The number of alkyl halides is 3. The van der Waals surface area contributed by atoms with Crippen LogP contribution in [0.5, 0.6) is 0 Å². The number of rotatable bonds is 4. The quantitative estimate of drug-likeness (QED) is 0.678. The molecule has 32 heavy (non-hydrogen) atoms. The predicted octanol–water partition coefficient (Wildman–Crippen LogP) is 3.24. The second-order valence-electron chi connectivity index (χ2n) is 7.83. The molecule has 0 N–H and O–H groups in total. The Bertz CT molecular complexity index is 985. The summed E-state index contributed by atoms with van der Waals surface area (Å²) in [4.78, 5) is 42.7. The van der Waals surface area contributed by atoms with Crippen LogP contribution in [0, 0.1) is 0 Å². The molecule has 6 nitrogen and oxygen atoms in total. The van der Waals surface area contributed by atoms with E-state index in [-0.39, 0.29) is 30.6 Å². The van der Waals surface area contributed by atoms with Gasteiger partial charge in [-0.1, -0.05) is 30.3 Å². The van der Waals surface area contributed by atoms with Crippen LogP contribution in [0.25, 0.3) is 0 Å². The molecule has 2 aliphatic rings. The number of piperazine rings is 1. The maximum absolute atomic E-state index is 13.4. The molecule has 2 heterocycles. The number of carbonyl (C=O) groups excluding carboxylic acids is 3. The smallest absolute Gasteiger partial charge is 0.368 e. The monoisotopic (exact) mass is 445 g/mol. The lowest BCUT2D eigenvalue weighted by molar-refractivity contribution is -0.151. The Labute approximate surface area is 183 Å². The topological polar surface area (TPSA) is 60.9 Å². The summed E-state index contributed by atoms with van der Waals surface area (Å²) < 4.78 is 38.4. The minimum atomic E-state index is -4.39. The zero-order valence-corrected chi connectivity index (χ0v) is 17.2. The SMILES string of the molecule is O=C(C(c1ccccc1)N1C(=O)CCC1=O)N1CCN(c2ccc(C(F)(F)F)cc2)CC1. The number of hydrogen-bond acceptors (Lipinski definition) is 4. The highest BCUT2D eigenvalue weighted by Gasteiger charge is 2.41. The molecule has 1 unspecified atom stereocenters. The Morgan fingerprint density at radius 1 is 0.812 bits per heavy atom. The van der Waals surface area contributed by atoms with Crippen molar-refractivity contribution in [3.05, 3.63) is 65.7 Å². The first kappa shape index (κ1) is 21.9. The summed E-state index contributed by atoms with van der Waals surface area (Å²) in [5.41, 5.74) is 0.515. The van der Waals surface area contributed by atoms with Crippen LogP contribution in [0.2, 0.25) is 0 Å². The molecule has 0 bridgehead atoms. The van der Waals surface area contributed by atoms with Crippen LogP contribution in [0.4, 0.5) is 18.9 Å². The van der Waals surface area contributed by atoms with Crippen molar-refractivity contribution in [2.75, 3.05) is 31.1 Å². The largest absolute Gasteiger partial charge is 0.416 e. The average molecular weight is 445 g/mol. The summed E-state index contributed by atoms with van der Waals surface area (Å²) in [6, 6.07) is 12.7. The van der Waals surface area contributed by atoms with Crippen molar-refractivity contribution in [2.24, 2.45) is 0 Å². The summed E-state index contributed by atoms with van der Waals surface area (Å²) in [5.74, 6) is -1.05. The molecule has 3 amide bonds. The molecule has 0 radical (unpaired) electrons. The fraction of sp³-hybridized carbons (Fsp3) is 0.348. The maximum atomic E-state index is 13.4. The first-order valence-electron chi connectivity index (χ1n) is 10.4. The third kappa shape index (κ3) is 4.32. The lowest BCUT2D eigenvalue weighted by Crippen LogP contribution is -2.53. The molecular formula is C23H22F3N3O3. The first-order chi connectivity index (χ1) is 15.3. The van der Waals surface area contributed by atoms with Gasteiger partial charge in [0.25, 0.3) is 5.91 Å². The Balaban J connectivity index is 1.48. The number of anilines is 1. The molecule has 2 aromatic rings. The van der Waals surface area contributed by atoms with E-state index in [9.17, 15) is 27.6 Å². The van der Waals surface area contributed by atoms with Gasteiger partial charge in [0.05, 0.1) is 5.56 Å². The highest BCUT2D eigenvalue weighted by molar-refractivity contribution is 6.05. The van der Waals surface area contributed by atoms with Gasteiger partial charge >= 0.3 is 6.18 Å². The third-order valence-electron chi connectivity index (χ3n) is 5.85. The van der Waals surface area contributed by atoms with Crippen LogP contribution in [0.3, 0.4) is 0 Å². The molecule has 0 spiro atoms. The molecule has 168 valence electrons. The standard InChI is InChI=1S/C23H22F3N3O3/c24-23(25,26)17-6-8-18(9-7-17)27-12-14-28(15-13-27)22(32)21(16-4-2-1-3-5-16)29-19(30)10-11-20(29)31/h1-9,21H,10-15H2. The van der Waals surface area contributed by atoms with Crippen LogP contribution >= 0.6 is 0 Å². The number of imide groups is 1. The van der Waals surface area contributed by atoms with Crippen molar-refractivity contribution in [1.29, 1.82) is 0 Å². The number of carbonyl (C=O) groups is 3. The number of amides is 3. The molecule has 2 aromatic carbocycles. The zero-order valence-electron chi connectivity index (χ0n) is 17.2. The van der Waals surface area contributed by atoms with Crippen molar-refractivity contribution in [3.8, 4) is 0 Å². The second-order valence-corrected chi connectivity index (χ2v) is 7.83. The van der Waals surface area contributed by atoms with E-state index < -0.39 is 17.8 Å². The minimum absolute atomic E-state index is 0.0944. The van der Waals surface area contributed by atoms with E-state index in [4.69, 9.17) is 0 Å². The molecule has 0 saturated carbocycles. The fourth-order valence-electron chi connectivity index (χ4n) is 4.14. The van der Waals surface area contributed by atoms with Crippen molar-refractivity contribution in [1.82, 2.24) is 9.80 Å². The van der Waals surface area contributed by atoms with E-state index >= 15 is 0 Å². The summed E-state index contributed by atoms with van der Waals surface area (Å²) in [7, 11) is 0. The molecular weight excluding hydrogens is 423 g/mol. The highest BCUT2D eigenvalue weighted by atomic mass is 19.4. The molecule has 4 rings (SSSR count). The van der Waals surface area contributed by atoms with Crippen molar-refractivity contribution >= 4 is 23.4 Å². The summed E-state index contributed by atoms with van der Waals surface area (Å²) in [5, 5.41) is 0. The number of likely N-dealkylation sites (tertiary alicyclic amines) is 1. The van der Waals surface area contributed by atoms with Crippen LogP contribution in [-0.2, 0) is 20.6 Å². The van der Waals surface area contributed by atoms with Crippen LogP contribution in [-0.4, -0.2) is 53.7 Å². The molecule has 2 saturated heterocycles. The summed E-state index contributed by atoms with van der Waals surface area (Å²) in [6.07, 6.45) is -4.20. The van der Waals surface area contributed by atoms with Gasteiger partial charge in [-0.05, 0) is 29.8 Å². The normalized spacial score (nSPS) is 18.3. The molecule has 0 aromatic heterocycles. The third-order valence-corrected chi connectivity index (χ3v) is 5.85. The number of hydrogen-bond donors (Lipinski definition) is 0. The van der Waals surface area contributed by atoms with Gasteiger partial charge in [0.2, 0.25) is 11.8 Å². The zero-order chi connectivity index (χ0) is 22.9. The Morgan fingerprint density at radius 2 is 1.38 bits per heavy atom. The Morgan fingerprint density at radius 3 is 1.91 bits per heavy atom. The van der Waals surface area contributed by atoms with Crippen LogP contribution in [0.15, 0.2) is 54.6 Å². The molecule has 2 aliphatic heterocycles. The number of nitrogens with zero attached hydrogens (tertiary/aromatic N) is 3. The van der Waals surface area contributed by atoms with Gasteiger partial charge in [-0.3, -0.25) is 19.3 Å². The van der Waals surface area contributed by atoms with E-state index in [1.54, 1.807) is 35.2 Å². The minimum Gasteiger partial charge on any atom is -0.368 e. The van der Waals surface area contributed by atoms with Crippen molar-refractivity contribution in [3.63, 3.8) is 0 Å². The van der Waals surface area contributed by atoms with Gasteiger partial charge in [-0.25, -0.2) is 0 Å². The first-order valence-corrected chi connectivity index (χ1v) is 10.4. The van der Waals surface area contributed by atoms with Gasteiger partial charge in [0, 0.05) is 44.7 Å². The van der Waals surface area contributed by atoms with E-state index in [2.05, 4.69) is 0 Å². The van der Waals surface area contributed by atoms with Gasteiger partial charge in [-0.15, -0.1) is 0 Å². The van der Waals surface area contributed by atoms with Crippen molar-refractivity contribution < 1.29 is 27.6 Å². The predicted molar refractivity (Wildman–Crippen MR) is 111 cm³/mol. The second kappa shape index (κ2) is 8.64. The maximum Gasteiger partial charge on any atom is 0.416 e. The van der Waals surface area contributed by atoms with Gasteiger partial charge < -0.3 is 9.80 Å². The number of halogens is 3. The van der Waals surface area contributed by atoms with Gasteiger partial charge in [0.15, 0.2) is 0 Å². The van der Waals surface area contributed by atoms with E-state index in [1.807, 2.05) is 4.90 Å². The van der Waals surface area contributed by atoms with E-state index in [1.165, 1.54) is 12.1 Å². The molecule has 0 aliphatic carbocycles. The summed E-state index contributed by atoms with van der Waals surface area (Å²) >= 11 is 0. The highest BCUT2D eigenvalue weighted by Crippen LogP contribution is 2.32. The van der Waals surface area contributed by atoms with Gasteiger partial charge in [0.1, 0.15) is 6.04 Å². The molecule has 2 fully saturated rings. The van der Waals surface area contributed by atoms with Crippen LogP contribution < -0.4 is 4.90 Å². The summed E-state index contributed by atoms with van der Waals surface area (Å²) in [6.45, 7) is 1.53. The van der Waals surface area contributed by atoms with E-state index in [0.717, 1.165) is 17.0 Å². The van der Waals surface area contributed by atoms with Crippen molar-refractivity contribution in [2.45, 2.75) is 25.1 Å². The molecule has 9 heteroatoms. The van der Waals surface area contributed by atoms with E-state index in [0.29, 0.717) is 37.4 Å². The lowest BCUT2D eigenvalue weighted by Gasteiger charge is -2.39. The lowest BCUT2D eigenvalue weighted by atomic mass is 10.0.